The van der Waals surface area contributed by atoms with Gasteiger partial charge in [0.05, 0.1) is 6.54 Å². The second kappa shape index (κ2) is 5.50. The second-order valence-electron chi connectivity index (χ2n) is 3.63. The molecule has 1 amide bonds. The first-order valence-corrected chi connectivity index (χ1v) is 4.98. The number of hydrogen-bond donors (Lipinski definition) is 2. The highest BCUT2D eigenvalue weighted by atomic mass is 16.4. The van der Waals surface area contributed by atoms with Crippen molar-refractivity contribution in [2.45, 2.75) is 13.3 Å². The summed E-state index contributed by atoms with van der Waals surface area (Å²) in [5, 5.41) is 11.4. The quantitative estimate of drug-likeness (QED) is 0.638. The van der Waals surface area contributed by atoms with Crippen LogP contribution in [0.3, 0.4) is 0 Å². The summed E-state index contributed by atoms with van der Waals surface area (Å²) in [5.41, 5.74) is 0.319. The molecule has 1 heterocycles. The third-order valence-electron chi connectivity index (χ3n) is 2.33. The number of carbonyl (C=O) groups is 2. The molecule has 15 heavy (non-hydrogen) atoms. The van der Waals surface area contributed by atoms with Gasteiger partial charge in [-0.2, -0.15) is 0 Å². The predicted molar refractivity (Wildman–Crippen MR) is 55.5 cm³/mol. The van der Waals surface area contributed by atoms with Crippen LogP contribution in [-0.2, 0) is 9.59 Å². The van der Waals surface area contributed by atoms with Crippen LogP contribution in [0.25, 0.3) is 0 Å². The molecule has 0 unspecified atom stereocenters. The van der Waals surface area contributed by atoms with Crippen molar-refractivity contribution in [3.05, 3.63) is 11.6 Å². The zero-order valence-electron chi connectivity index (χ0n) is 8.82. The average molecular weight is 212 g/mol. The van der Waals surface area contributed by atoms with E-state index in [9.17, 15) is 9.59 Å². The van der Waals surface area contributed by atoms with E-state index in [0.29, 0.717) is 25.2 Å². The van der Waals surface area contributed by atoms with E-state index in [-0.39, 0.29) is 5.91 Å². The van der Waals surface area contributed by atoms with Crippen molar-refractivity contribution in [2.24, 2.45) is 0 Å². The van der Waals surface area contributed by atoms with Crippen LogP contribution in [0.5, 0.6) is 0 Å². The minimum absolute atomic E-state index is 0.00822. The number of amides is 1. The third-order valence-corrected chi connectivity index (χ3v) is 2.33. The summed E-state index contributed by atoms with van der Waals surface area (Å²) in [6.45, 7) is 3.95. The van der Waals surface area contributed by atoms with Crippen molar-refractivity contribution in [1.29, 1.82) is 0 Å². The second-order valence-corrected chi connectivity index (χ2v) is 3.63. The Morgan fingerprint density at radius 2 is 2.40 bits per heavy atom. The fourth-order valence-electron chi connectivity index (χ4n) is 1.38. The predicted octanol–water partition coefficient (Wildman–Crippen LogP) is -0.161. The standard InChI is InChI=1S/C10H16N2O3/c1-8(10(14)15)3-6-12-5-2-4-11-9(13)7-12/h3H,2,4-7H2,1H3,(H,11,13)(H,14,15)/b8-3+. The van der Waals surface area contributed by atoms with E-state index >= 15 is 0 Å². The van der Waals surface area contributed by atoms with Crippen molar-refractivity contribution in [3.63, 3.8) is 0 Å². The van der Waals surface area contributed by atoms with Crippen LogP contribution in [0.15, 0.2) is 11.6 Å². The number of nitrogens with one attached hydrogen (secondary N) is 1. The molecule has 0 atom stereocenters. The van der Waals surface area contributed by atoms with E-state index in [4.69, 9.17) is 5.11 Å². The molecule has 0 saturated carbocycles. The van der Waals surface area contributed by atoms with E-state index in [0.717, 1.165) is 13.0 Å². The van der Waals surface area contributed by atoms with Gasteiger partial charge in [-0.1, -0.05) is 6.08 Å². The van der Waals surface area contributed by atoms with Crippen molar-refractivity contribution in [1.82, 2.24) is 10.2 Å². The largest absolute Gasteiger partial charge is 0.478 e. The van der Waals surface area contributed by atoms with E-state index in [1.165, 1.54) is 0 Å². The van der Waals surface area contributed by atoms with Gasteiger partial charge in [0, 0.05) is 25.2 Å². The molecule has 0 radical (unpaired) electrons. The normalized spacial score (nSPS) is 19.5. The number of carboxylic acids is 1. The molecule has 0 aromatic heterocycles. The third kappa shape index (κ3) is 4.12. The van der Waals surface area contributed by atoms with Crippen molar-refractivity contribution in [2.75, 3.05) is 26.2 Å². The molecule has 2 N–H and O–H groups in total. The van der Waals surface area contributed by atoms with Gasteiger partial charge in [0.15, 0.2) is 0 Å². The summed E-state index contributed by atoms with van der Waals surface area (Å²) in [6.07, 6.45) is 2.55. The fourth-order valence-corrected chi connectivity index (χ4v) is 1.38. The molecule has 1 aliphatic heterocycles. The Bertz CT molecular complexity index is 286. The molecule has 1 saturated heterocycles. The van der Waals surface area contributed by atoms with E-state index in [1.807, 2.05) is 4.90 Å². The lowest BCUT2D eigenvalue weighted by atomic mass is 10.2. The van der Waals surface area contributed by atoms with Crippen LogP contribution >= 0.6 is 0 Å². The zero-order valence-corrected chi connectivity index (χ0v) is 8.82. The van der Waals surface area contributed by atoms with Gasteiger partial charge in [-0.15, -0.1) is 0 Å². The summed E-state index contributed by atoms with van der Waals surface area (Å²) in [4.78, 5) is 23.7. The maximum atomic E-state index is 11.2. The average Bonchev–Trinajstić information content (AvgIpc) is 2.38. The molecular weight excluding hydrogens is 196 g/mol. The van der Waals surface area contributed by atoms with Gasteiger partial charge in [-0.25, -0.2) is 4.79 Å². The maximum absolute atomic E-state index is 11.2. The molecule has 0 aliphatic carbocycles. The molecule has 5 nitrogen and oxygen atoms in total. The molecule has 0 bridgehead atoms. The highest BCUT2D eigenvalue weighted by molar-refractivity contribution is 5.85. The summed E-state index contributed by atoms with van der Waals surface area (Å²) < 4.78 is 0. The molecule has 84 valence electrons. The van der Waals surface area contributed by atoms with Crippen molar-refractivity contribution >= 4 is 11.9 Å². The van der Waals surface area contributed by atoms with Crippen LogP contribution in [-0.4, -0.2) is 48.1 Å². The highest BCUT2D eigenvalue weighted by Gasteiger charge is 2.13. The van der Waals surface area contributed by atoms with Crippen LogP contribution in [0.2, 0.25) is 0 Å². The molecule has 5 heteroatoms. The van der Waals surface area contributed by atoms with Gasteiger partial charge in [0.25, 0.3) is 0 Å². The van der Waals surface area contributed by atoms with Gasteiger partial charge in [-0.3, -0.25) is 9.69 Å². The lowest BCUT2D eigenvalue weighted by Crippen LogP contribution is -2.33. The summed E-state index contributed by atoms with van der Waals surface area (Å²) in [5.74, 6) is -0.900. The zero-order chi connectivity index (χ0) is 11.3. The first-order valence-electron chi connectivity index (χ1n) is 4.98. The Labute approximate surface area is 88.8 Å². The Hall–Kier alpha value is -1.36. The Balaban J connectivity index is 2.46. The van der Waals surface area contributed by atoms with Crippen LogP contribution in [0, 0.1) is 0 Å². The SMILES string of the molecule is C/C(=C\CN1CCCNC(=O)C1)C(=O)O. The maximum Gasteiger partial charge on any atom is 0.330 e. The number of nitrogens with zero attached hydrogens (tertiary/aromatic N) is 1. The van der Waals surface area contributed by atoms with Crippen LogP contribution < -0.4 is 5.32 Å². The molecule has 0 spiro atoms. The molecule has 0 aromatic carbocycles. The number of aliphatic carboxylic acids is 1. The number of carboxylic acid groups (broad SMARTS) is 1. The van der Waals surface area contributed by atoms with Gasteiger partial charge >= 0.3 is 5.97 Å². The Morgan fingerprint density at radius 3 is 3.07 bits per heavy atom. The summed E-state index contributed by atoms with van der Waals surface area (Å²) >= 11 is 0. The van der Waals surface area contributed by atoms with Gasteiger partial charge < -0.3 is 10.4 Å². The topological polar surface area (TPSA) is 69.6 Å². The molecule has 1 rings (SSSR count). The molecule has 1 fully saturated rings. The Kier molecular flexibility index (Phi) is 4.30. The van der Waals surface area contributed by atoms with E-state index in [1.54, 1.807) is 13.0 Å². The van der Waals surface area contributed by atoms with E-state index < -0.39 is 5.97 Å². The first-order chi connectivity index (χ1) is 7.09. The minimum atomic E-state index is -0.908. The summed E-state index contributed by atoms with van der Waals surface area (Å²) in [7, 11) is 0. The lowest BCUT2D eigenvalue weighted by molar-refractivity contribution is -0.132. The number of hydrogen-bond acceptors (Lipinski definition) is 3. The number of rotatable bonds is 3. The molecule has 1 aliphatic rings. The van der Waals surface area contributed by atoms with Crippen LogP contribution in [0.1, 0.15) is 13.3 Å². The van der Waals surface area contributed by atoms with Crippen molar-refractivity contribution < 1.29 is 14.7 Å². The van der Waals surface area contributed by atoms with Crippen LogP contribution in [0.4, 0.5) is 0 Å². The lowest BCUT2D eigenvalue weighted by Gasteiger charge is -2.15. The van der Waals surface area contributed by atoms with Gasteiger partial charge in [-0.05, 0) is 13.3 Å². The monoisotopic (exact) mass is 212 g/mol. The van der Waals surface area contributed by atoms with Crippen molar-refractivity contribution in [3.8, 4) is 0 Å². The highest BCUT2D eigenvalue weighted by Crippen LogP contribution is 1.99. The van der Waals surface area contributed by atoms with Gasteiger partial charge in [0.2, 0.25) is 5.91 Å². The minimum Gasteiger partial charge on any atom is -0.478 e. The molecule has 0 aromatic rings. The van der Waals surface area contributed by atoms with E-state index in [2.05, 4.69) is 5.32 Å². The first kappa shape index (κ1) is 11.7. The Morgan fingerprint density at radius 1 is 1.67 bits per heavy atom. The summed E-state index contributed by atoms with van der Waals surface area (Å²) in [6, 6.07) is 0. The smallest absolute Gasteiger partial charge is 0.330 e. The number of carbonyl (C=O) groups excluding carboxylic acids is 1. The fraction of sp³-hybridized carbons (Fsp3) is 0.600. The molecular formula is C10H16N2O3. The van der Waals surface area contributed by atoms with Gasteiger partial charge in [0.1, 0.15) is 0 Å².